The molecule has 0 aliphatic rings. The number of hydrogen-bond acceptors (Lipinski definition) is 6. The second-order valence-corrected chi connectivity index (χ2v) is 6.53. The van der Waals surface area contributed by atoms with E-state index in [1.54, 1.807) is 19.1 Å². The standard InChI is InChI=1S/C22H21NO6/c1-14-10-20(24)29-19-11-17(8-9-18(14)19)27-13-21(25)28-15(2)22(26)23-12-16-6-4-3-5-7-16/h3-11,15H,12-13H2,1-2H3,(H,23,26)/t15-/m0/s1. The van der Waals surface area contributed by atoms with Crippen LogP contribution in [0.1, 0.15) is 18.1 Å². The smallest absolute Gasteiger partial charge is 0.344 e. The summed E-state index contributed by atoms with van der Waals surface area (Å²) in [6.07, 6.45) is -0.952. The van der Waals surface area contributed by atoms with Crippen molar-refractivity contribution in [2.24, 2.45) is 0 Å². The molecule has 0 spiro atoms. The zero-order valence-electron chi connectivity index (χ0n) is 16.1. The molecule has 29 heavy (non-hydrogen) atoms. The topological polar surface area (TPSA) is 94.8 Å². The van der Waals surface area contributed by atoms with Crippen LogP contribution in [0.25, 0.3) is 11.0 Å². The molecule has 0 fully saturated rings. The Hall–Kier alpha value is -3.61. The van der Waals surface area contributed by atoms with Gasteiger partial charge in [0.1, 0.15) is 11.3 Å². The number of carbonyl (C=O) groups is 2. The lowest BCUT2D eigenvalue weighted by Gasteiger charge is -2.14. The minimum atomic E-state index is -0.952. The van der Waals surface area contributed by atoms with Gasteiger partial charge in [0.05, 0.1) is 0 Å². The lowest BCUT2D eigenvalue weighted by molar-refractivity contribution is -0.156. The number of hydrogen-bond donors (Lipinski definition) is 1. The summed E-state index contributed by atoms with van der Waals surface area (Å²) in [5, 5.41) is 3.49. The van der Waals surface area contributed by atoms with E-state index in [4.69, 9.17) is 13.9 Å². The summed E-state index contributed by atoms with van der Waals surface area (Å²) in [7, 11) is 0. The number of carbonyl (C=O) groups excluding carboxylic acids is 2. The maximum Gasteiger partial charge on any atom is 0.344 e. The van der Waals surface area contributed by atoms with Gasteiger partial charge in [0.15, 0.2) is 12.7 Å². The predicted octanol–water partition coefficient (Wildman–Crippen LogP) is 2.73. The third-order valence-electron chi connectivity index (χ3n) is 4.27. The van der Waals surface area contributed by atoms with Gasteiger partial charge in [-0.3, -0.25) is 4.79 Å². The Balaban J connectivity index is 1.50. The zero-order chi connectivity index (χ0) is 20.8. The van der Waals surface area contributed by atoms with E-state index in [2.05, 4.69) is 5.32 Å². The van der Waals surface area contributed by atoms with Crippen LogP contribution in [0.15, 0.2) is 63.8 Å². The molecule has 0 radical (unpaired) electrons. The molecule has 0 saturated heterocycles. The van der Waals surface area contributed by atoms with E-state index in [1.165, 1.54) is 19.1 Å². The number of amides is 1. The normalized spacial score (nSPS) is 11.7. The number of fused-ring (bicyclic) bond motifs is 1. The summed E-state index contributed by atoms with van der Waals surface area (Å²) in [5.74, 6) is -0.729. The highest BCUT2D eigenvalue weighted by atomic mass is 16.6. The summed E-state index contributed by atoms with van der Waals surface area (Å²) >= 11 is 0. The number of esters is 1. The molecule has 7 nitrogen and oxygen atoms in total. The van der Waals surface area contributed by atoms with Gasteiger partial charge in [-0.05, 0) is 37.1 Å². The molecule has 0 aliphatic heterocycles. The molecule has 1 N–H and O–H groups in total. The number of ether oxygens (including phenoxy) is 2. The van der Waals surface area contributed by atoms with Crippen molar-refractivity contribution in [3.05, 3.63) is 76.1 Å². The van der Waals surface area contributed by atoms with E-state index in [0.29, 0.717) is 17.9 Å². The highest BCUT2D eigenvalue weighted by molar-refractivity contribution is 5.84. The Kier molecular flexibility index (Phi) is 6.29. The first-order valence-electron chi connectivity index (χ1n) is 9.11. The van der Waals surface area contributed by atoms with Crippen LogP contribution < -0.4 is 15.7 Å². The second kappa shape index (κ2) is 9.05. The first-order valence-corrected chi connectivity index (χ1v) is 9.11. The van der Waals surface area contributed by atoms with E-state index < -0.39 is 23.6 Å². The summed E-state index contributed by atoms with van der Waals surface area (Å²) in [6.45, 7) is 3.27. The molecule has 1 heterocycles. The highest BCUT2D eigenvalue weighted by Crippen LogP contribution is 2.22. The number of benzene rings is 2. The molecule has 7 heteroatoms. The lowest BCUT2D eigenvalue weighted by Crippen LogP contribution is -2.36. The van der Waals surface area contributed by atoms with Gasteiger partial charge in [0.2, 0.25) is 0 Å². The molecule has 0 unspecified atom stereocenters. The first-order chi connectivity index (χ1) is 13.9. The molecule has 0 saturated carbocycles. The van der Waals surface area contributed by atoms with Crippen molar-refractivity contribution >= 4 is 22.8 Å². The molecule has 1 aromatic heterocycles. The van der Waals surface area contributed by atoms with E-state index in [-0.39, 0.29) is 6.61 Å². The second-order valence-electron chi connectivity index (χ2n) is 6.53. The fraction of sp³-hybridized carbons (Fsp3) is 0.227. The van der Waals surface area contributed by atoms with E-state index in [0.717, 1.165) is 16.5 Å². The van der Waals surface area contributed by atoms with E-state index in [1.807, 2.05) is 30.3 Å². The Morgan fingerprint density at radius 2 is 1.86 bits per heavy atom. The minimum absolute atomic E-state index is 0.347. The molecule has 3 aromatic rings. The summed E-state index contributed by atoms with van der Waals surface area (Å²) in [5.41, 5.74) is 1.65. The quantitative estimate of drug-likeness (QED) is 0.488. The van der Waals surface area contributed by atoms with Crippen LogP contribution >= 0.6 is 0 Å². The summed E-state index contributed by atoms with van der Waals surface area (Å²) < 4.78 is 15.6. The first kappa shape index (κ1) is 20.1. The Morgan fingerprint density at radius 1 is 1.10 bits per heavy atom. The lowest BCUT2D eigenvalue weighted by atomic mass is 10.1. The average molecular weight is 395 g/mol. The van der Waals surface area contributed by atoms with Crippen molar-refractivity contribution in [2.45, 2.75) is 26.5 Å². The van der Waals surface area contributed by atoms with E-state index >= 15 is 0 Å². The van der Waals surface area contributed by atoms with Crippen molar-refractivity contribution in [1.82, 2.24) is 5.32 Å². The van der Waals surface area contributed by atoms with Crippen LogP contribution in [-0.4, -0.2) is 24.6 Å². The van der Waals surface area contributed by atoms with Gasteiger partial charge < -0.3 is 19.2 Å². The van der Waals surface area contributed by atoms with Gasteiger partial charge in [-0.2, -0.15) is 0 Å². The Morgan fingerprint density at radius 3 is 2.62 bits per heavy atom. The van der Waals surface area contributed by atoms with Crippen LogP contribution in [0.3, 0.4) is 0 Å². The molecular formula is C22H21NO6. The van der Waals surface area contributed by atoms with Gasteiger partial charge in [-0.1, -0.05) is 30.3 Å². The maximum atomic E-state index is 12.1. The van der Waals surface area contributed by atoms with Crippen molar-refractivity contribution in [1.29, 1.82) is 0 Å². The van der Waals surface area contributed by atoms with Gasteiger partial charge >= 0.3 is 11.6 Å². The van der Waals surface area contributed by atoms with Crippen molar-refractivity contribution in [3.63, 3.8) is 0 Å². The number of nitrogens with one attached hydrogen (secondary N) is 1. The summed E-state index contributed by atoms with van der Waals surface area (Å²) in [4.78, 5) is 35.5. The third-order valence-corrected chi connectivity index (χ3v) is 4.27. The number of rotatable bonds is 7. The fourth-order valence-corrected chi connectivity index (χ4v) is 2.75. The van der Waals surface area contributed by atoms with Crippen LogP contribution in [0, 0.1) is 6.92 Å². The molecule has 0 bridgehead atoms. The molecule has 2 aromatic carbocycles. The predicted molar refractivity (Wildman–Crippen MR) is 107 cm³/mol. The van der Waals surface area contributed by atoms with Gasteiger partial charge in [-0.25, -0.2) is 9.59 Å². The van der Waals surface area contributed by atoms with Crippen molar-refractivity contribution in [3.8, 4) is 5.75 Å². The fourth-order valence-electron chi connectivity index (χ4n) is 2.75. The largest absolute Gasteiger partial charge is 0.482 e. The average Bonchev–Trinajstić information content (AvgIpc) is 2.70. The maximum absolute atomic E-state index is 12.1. The molecule has 150 valence electrons. The van der Waals surface area contributed by atoms with E-state index in [9.17, 15) is 14.4 Å². The summed E-state index contributed by atoms with van der Waals surface area (Å²) in [6, 6.07) is 15.8. The SMILES string of the molecule is Cc1cc(=O)oc2cc(OCC(=O)O[C@@H](C)C(=O)NCc3ccccc3)ccc12. The van der Waals surface area contributed by atoms with Gasteiger partial charge in [0.25, 0.3) is 5.91 Å². The Bertz CT molecular complexity index is 1070. The number of aryl methyl sites for hydroxylation is 1. The van der Waals surface area contributed by atoms with Gasteiger partial charge in [-0.15, -0.1) is 0 Å². The molecular weight excluding hydrogens is 374 g/mol. The van der Waals surface area contributed by atoms with Crippen LogP contribution in [-0.2, 0) is 20.9 Å². The van der Waals surface area contributed by atoms with Crippen LogP contribution in [0.4, 0.5) is 0 Å². The van der Waals surface area contributed by atoms with Gasteiger partial charge in [0, 0.05) is 24.1 Å². The molecule has 0 aliphatic carbocycles. The van der Waals surface area contributed by atoms with Crippen molar-refractivity contribution in [2.75, 3.05) is 6.61 Å². The highest BCUT2D eigenvalue weighted by Gasteiger charge is 2.18. The third kappa shape index (κ3) is 5.44. The van der Waals surface area contributed by atoms with Crippen molar-refractivity contribution < 1.29 is 23.5 Å². The monoisotopic (exact) mass is 395 g/mol. The zero-order valence-corrected chi connectivity index (χ0v) is 16.1. The minimum Gasteiger partial charge on any atom is -0.482 e. The van der Waals surface area contributed by atoms with Crippen LogP contribution in [0.2, 0.25) is 0 Å². The molecule has 1 amide bonds. The van der Waals surface area contributed by atoms with Crippen LogP contribution in [0.5, 0.6) is 5.75 Å². The Labute approximate surface area is 167 Å². The molecule has 1 atom stereocenters. The molecule has 3 rings (SSSR count).